The SMILES string of the molecule is C=CC[N+]([CH2-])(C)Cc1ccccc1. The van der Waals surface area contributed by atoms with Crippen molar-refractivity contribution in [3.05, 3.63) is 55.6 Å². The molecule has 0 radical (unpaired) electrons. The van der Waals surface area contributed by atoms with Crippen LogP contribution in [0.25, 0.3) is 0 Å². The molecule has 0 bridgehead atoms. The molecule has 0 aliphatic rings. The van der Waals surface area contributed by atoms with Crippen molar-refractivity contribution in [3.63, 3.8) is 0 Å². The number of hydrogen-bond acceptors (Lipinski definition) is 0. The second kappa shape index (κ2) is 4.24. The van der Waals surface area contributed by atoms with Gasteiger partial charge < -0.3 is 4.48 Å². The van der Waals surface area contributed by atoms with Gasteiger partial charge in [-0.05, 0) is 6.08 Å². The van der Waals surface area contributed by atoms with Gasteiger partial charge in [0.1, 0.15) is 0 Å². The van der Waals surface area contributed by atoms with E-state index in [0.29, 0.717) is 4.48 Å². The van der Waals surface area contributed by atoms with E-state index in [1.54, 1.807) is 0 Å². The zero-order chi connectivity index (χ0) is 9.73. The monoisotopic (exact) mass is 175 g/mol. The molecule has 0 N–H and O–H groups in total. The van der Waals surface area contributed by atoms with Crippen LogP contribution in [-0.2, 0) is 6.54 Å². The Morgan fingerprint density at radius 1 is 1.38 bits per heavy atom. The lowest BCUT2D eigenvalue weighted by Crippen LogP contribution is -2.36. The Bertz CT molecular complexity index is 262. The van der Waals surface area contributed by atoms with Crippen LogP contribution in [0.5, 0.6) is 0 Å². The summed E-state index contributed by atoms with van der Waals surface area (Å²) in [7, 11) is 6.23. The van der Waals surface area contributed by atoms with Gasteiger partial charge in [-0.25, -0.2) is 0 Å². The van der Waals surface area contributed by atoms with Crippen molar-refractivity contribution in [1.29, 1.82) is 0 Å². The van der Waals surface area contributed by atoms with Crippen LogP contribution in [0, 0.1) is 7.05 Å². The highest BCUT2D eigenvalue weighted by Crippen LogP contribution is 2.09. The number of rotatable bonds is 4. The molecule has 1 unspecified atom stereocenters. The standard InChI is InChI=1S/C12H17N/c1-4-10-13(2,3)11-12-8-6-5-7-9-12/h4-9H,1-2,10-11H2,3H3. The Balaban J connectivity index is 2.63. The molecule has 0 amide bonds. The fraction of sp³-hybridized carbons (Fsp3) is 0.250. The summed E-state index contributed by atoms with van der Waals surface area (Å²) < 4.78 is 0.716. The van der Waals surface area contributed by atoms with Crippen molar-refractivity contribution in [1.82, 2.24) is 0 Å². The molecule has 0 saturated heterocycles. The average Bonchev–Trinajstić information content (AvgIpc) is 2.04. The van der Waals surface area contributed by atoms with Crippen LogP contribution >= 0.6 is 0 Å². The first-order valence-corrected chi connectivity index (χ1v) is 4.48. The smallest absolute Gasteiger partial charge is 0.0803 e. The van der Waals surface area contributed by atoms with E-state index in [9.17, 15) is 0 Å². The maximum absolute atomic E-state index is 4.12. The molecule has 1 rings (SSSR count). The number of hydrogen-bond donors (Lipinski definition) is 0. The van der Waals surface area contributed by atoms with Gasteiger partial charge in [-0.15, -0.1) is 7.05 Å². The maximum atomic E-state index is 4.12. The highest BCUT2D eigenvalue weighted by molar-refractivity contribution is 5.13. The van der Waals surface area contributed by atoms with Crippen LogP contribution in [0.3, 0.4) is 0 Å². The summed E-state index contributed by atoms with van der Waals surface area (Å²) in [5.74, 6) is 0. The highest BCUT2D eigenvalue weighted by atomic mass is 15.3. The number of quaternary nitrogens is 1. The van der Waals surface area contributed by atoms with E-state index in [-0.39, 0.29) is 0 Å². The lowest BCUT2D eigenvalue weighted by molar-refractivity contribution is -0.873. The van der Waals surface area contributed by atoms with E-state index in [0.717, 1.165) is 13.1 Å². The molecular formula is C12H17N. The lowest BCUT2D eigenvalue weighted by Gasteiger charge is -2.37. The molecular weight excluding hydrogens is 158 g/mol. The highest BCUT2D eigenvalue weighted by Gasteiger charge is 2.06. The molecule has 0 aliphatic carbocycles. The van der Waals surface area contributed by atoms with Gasteiger partial charge in [0.15, 0.2) is 0 Å². The summed E-state index contributed by atoms with van der Waals surface area (Å²) in [5, 5.41) is 0. The average molecular weight is 175 g/mol. The first-order valence-electron chi connectivity index (χ1n) is 4.48. The van der Waals surface area contributed by atoms with Gasteiger partial charge in [0.2, 0.25) is 0 Å². The van der Waals surface area contributed by atoms with Gasteiger partial charge in [-0.2, -0.15) is 0 Å². The van der Waals surface area contributed by atoms with Crippen molar-refractivity contribution in [2.45, 2.75) is 6.54 Å². The Labute approximate surface area is 80.9 Å². The van der Waals surface area contributed by atoms with Crippen LogP contribution in [-0.4, -0.2) is 18.1 Å². The summed E-state index contributed by atoms with van der Waals surface area (Å²) in [6.07, 6.45) is 1.91. The van der Waals surface area contributed by atoms with Crippen LogP contribution in [0.4, 0.5) is 0 Å². The molecule has 0 spiro atoms. The third-order valence-corrected chi connectivity index (χ3v) is 1.98. The molecule has 70 valence electrons. The second-order valence-electron chi connectivity index (χ2n) is 3.73. The third kappa shape index (κ3) is 3.43. The molecule has 1 atom stereocenters. The van der Waals surface area contributed by atoms with Crippen molar-refractivity contribution < 1.29 is 4.48 Å². The normalized spacial score (nSPS) is 14.9. The fourth-order valence-electron chi connectivity index (χ4n) is 1.40. The molecule has 1 nitrogen and oxygen atoms in total. The van der Waals surface area contributed by atoms with E-state index in [2.05, 4.69) is 44.9 Å². The predicted molar refractivity (Wildman–Crippen MR) is 56.8 cm³/mol. The number of benzene rings is 1. The first kappa shape index (κ1) is 10.0. The van der Waals surface area contributed by atoms with Crippen molar-refractivity contribution in [3.8, 4) is 0 Å². The molecule has 1 heteroatoms. The molecule has 0 aliphatic heterocycles. The van der Waals surface area contributed by atoms with Gasteiger partial charge in [-0.3, -0.25) is 0 Å². The molecule has 0 aromatic heterocycles. The van der Waals surface area contributed by atoms with Crippen LogP contribution in [0.1, 0.15) is 5.56 Å². The van der Waals surface area contributed by atoms with E-state index >= 15 is 0 Å². The van der Waals surface area contributed by atoms with Crippen LogP contribution < -0.4 is 0 Å². The maximum Gasteiger partial charge on any atom is 0.0803 e. The minimum Gasteiger partial charge on any atom is -0.452 e. The first-order chi connectivity index (χ1) is 6.14. The second-order valence-corrected chi connectivity index (χ2v) is 3.73. The third-order valence-electron chi connectivity index (χ3n) is 1.98. The topological polar surface area (TPSA) is 0 Å². The number of likely N-dealkylation sites (N-methyl/N-ethyl adjacent to an activating group) is 1. The molecule has 1 aromatic carbocycles. The summed E-state index contributed by atoms with van der Waals surface area (Å²) in [4.78, 5) is 0. The molecule has 0 saturated carbocycles. The summed E-state index contributed by atoms with van der Waals surface area (Å²) in [5.41, 5.74) is 1.32. The van der Waals surface area contributed by atoms with Gasteiger partial charge in [0.25, 0.3) is 0 Å². The van der Waals surface area contributed by atoms with Crippen molar-refractivity contribution in [2.24, 2.45) is 0 Å². The Morgan fingerprint density at radius 3 is 2.54 bits per heavy atom. The van der Waals surface area contributed by atoms with Crippen molar-refractivity contribution >= 4 is 0 Å². The molecule has 13 heavy (non-hydrogen) atoms. The number of nitrogens with zero attached hydrogens (tertiary/aromatic N) is 1. The van der Waals surface area contributed by atoms with Crippen molar-refractivity contribution in [2.75, 3.05) is 13.6 Å². The van der Waals surface area contributed by atoms with Gasteiger partial charge in [0, 0.05) is 12.6 Å². The lowest BCUT2D eigenvalue weighted by atomic mass is 10.2. The Kier molecular flexibility index (Phi) is 3.26. The zero-order valence-corrected chi connectivity index (χ0v) is 8.24. The van der Waals surface area contributed by atoms with Gasteiger partial charge >= 0.3 is 0 Å². The van der Waals surface area contributed by atoms with E-state index < -0.39 is 0 Å². The van der Waals surface area contributed by atoms with E-state index in [4.69, 9.17) is 0 Å². The Hall–Kier alpha value is -1.08. The largest absolute Gasteiger partial charge is 0.452 e. The van der Waals surface area contributed by atoms with Gasteiger partial charge in [-0.1, -0.05) is 36.9 Å². The molecule has 1 aromatic rings. The quantitative estimate of drug-likeness (QED) is 0.375. The van der Waals surface area contributed by atoms with Crippen LogP contribution in [0.15, 0.2) is 43.0 Å². The summed E-state index contributed by atoms with van der Waals surface area (Å²) in [6, 6.07) is 10.4. The van der Waals surface area contributed by atoms with E-state index in [1.807, 2.05) is 12.1 Å². The van der Waals surface area contributed by atoms with E-state index in [1.165, 1.54) is 5.56 Å². The van der Waals surface area contributed by atoms with Crippen LogP contribution in [0.2, 0.25) is 0 Å². The minimum atomic E-state index is 0.716. The van der Waals surface area contributed by atoms with Gasteiger partial charge in [0.05, 0.1) is 13.1 Å². The predicted octanol–water partition coefficient (Wildman–Crippen LogP) is 2.61. The Morgan fingerprint density at radius 2 is 2.00 bits per heavy atom. The fourth-order valence-corrected chi connectivity index (χ4v) is 1.40. The molecule has 0 fully saturated rings. The molecule has 0 heterocycles. The summed E-state index contributed by atoms with van der Waals surface area (Å²) in [6.45, 7) is 5.58. The summed E-state index contributed by atoms with van der Waals surface area (Å²) >= 11 is 0. The zero-order valence-electron chi connectivity index (χ0n) is 8.24. The minimum absolute atomic E-state index is 0.716.